The van der Waals surface area contributed by atoms with Gasteiger partial charge in [0, 0.05) is 20.6 Å². The van der Waals surface area contributed by atoms with Crippen LogP contribution in [0, 0.1) is 0 Å². The lowest BCUT2D eigenvalue weighted by molar-refractivity contribution is 0.0955. The van der Waals surface area contributed by atoms with E-state index in [9.17, 15) is 4.79 Å². The van der Waals surface area contributed by atoms with Gasteiger partial charge in [-0.1, -0.05) is 41.9 Å². The van der Waals surface area contributed by atoms with Gasteiger partial charge in [0.1, 0.15) is 6.61 Å². The number of hydrazone groups is 1. The quantitative estimate of drug-likeness (QED) is 0.320. The lowest BCUT2D eigenvalue weighted by Gasteiger charge is -2.14. The molecule has 1 amide bonds. The van der Waals surface area contributed by atoms with Crippen molar-refractivity contribution in [1.82, 2.24) is 5.43 Å². The van der Waals surface area contributed by atoms with Gasteiger partial charge in [0.2, 0.25) is 0 Å². The van der Waals surface area contributed by atoms with Crippen LogP contribution in [-0.2, 0) is 6.61 Å². The lowest BCUT2D eigenvalue weighted by Crippen LogP contribution is -2.17. The van der Waals surface area contributed by atoms with E-state index >= 15 is 0 Å². The van der Waals surface area contributed by atoms with Crippen LogP contribution >= 0.6 is 27.5 Å². The third-order valence-electron chi connectivity index (χ3n) is 4.08. The number of carbonyl (C=O) groups excluding carboxylic acids is 1. The molecule has 0 aliphatic rings. The van der Waals surface area contributed by atoms with Crippen molar-refractivity contribution < 1.29 is 14.3 Å². The Labute approximate surface area is 188 Å². The average Bonchev–Trinajstić information content (AvgIpc) is 2.76. The van der Waals surface area contributed by atoms with E-state index < -0.39 is 0 Å². The molecule has 154 valence electrons. The predicted octanol–water partition coefficient (Wildman–Crippen LogP) is 5.84. The van der Waals surface area contributed by atoms with Crippen molar-refractivity contribution in [3.8, 4) is 11.5 Å². The van der Waals surface area contributed by atoms with Crippen LogP contribution in [-0.4, -0.2) is 18.7 Å². The largest absolute Gasteiger partial charge is 0.490 e. The highest BCUT2D eigenvalue weighted by Gasteiger charge is 2.11. The zero-order chi connectivity index (χ0) is 21.3. The molecule has 7 heteroatoms. The molecule has 0 saturated carbocycles. The maximum atomic E-state index is 12.1. The third-order valence-corrected chi connectivity index (χ3v) is 5.01. The van der Waals surface area contributed by atoms with Crippen molar-refractivity contribution in [1.29, 1.82) is 0 Å². The van der Waals surface area contributed by atoms with Gasteiger partial charge >= 0.3 is 0 Å². The van der Waals surface area contributed by atoms with Crippen LogP contribution in [0.15, 0.2) is 76.3 Å². The summed E-state index contributed by atoms with van der Waals surface area (Å²) in [5, 5.41) is 4.73. The van der Waals surface area contributed by atoms with Crippen LogP contribution in [0.3, 0.4) is 0 Å². The molecule has 3 aromatic carbocycles. The summed E-state index contributed by atoms with van der Waals surface area (Å²) in [6, 6.07) is 20.0. The zero-order valence-electron chi connectivity index (χ0n) is 16.3. The molecule has 0 aromatic heterocycles. The van der Waals surface area contributed by atoms with Crippen molar-refractivity contribution >= 4 is 39.7 Å². The number of nitrogens with one attached hydrogen (secondary N) is 1. The van der Waals surface area contributed by atoms with Gasteiger partial charge in [-0.05, 0) is 64.8 Å². The minimum atomic E-state index is -0.282. The van der Waals surface area contributed by atoms with Crippen molar-refractivity contribution in [3.63, 3.8) is 0 Å². The highest BCUT2D eigenvalue weighted by Crippen LogP contribution is 2.34. The van der Waals surface area contributed by atoms with Crippen LogP contribution in [0.4, 0.5) is 0 Å². The summed E-state index contributed by atoms with van der Waals surface area (Å²) in [7, 11) is 0. The Morgan fingerprint density at radius 1 is 1.07 bits per heavy atom. The summed E-state index contributed by atoms with van der Waals surface area (Å²) in [5.74, 6) is 0.908. The second-order valence-electron chi connectivity index (χ2n) is 6.23. The highest BCUT2D eigenvalue weighted by molar-refractivity contribution is 9.10. The second kappa shape index (κ2) is 10.8. The summed E-state index contributed by atoms with van der Waals surface area (Å²) >= 11 is 9.45. The van der Waals surface area contributed by atoms with Crippen LogP contribution < -0.4 is 14.9 Å². The summed E-state index contributed by atoms with van der Waals surface area (Å²) in [6.07, 6.45) is 1.55. The number of rotatable bonds is 8. The molecule has 0 aliphatic carbocycles. The van der Waals surface area contributed by atoms with Gasteiger partial charge in [-0.3, -0.25) is 4.79 Å². The van der Waals surface area contributed by atoms with Gasteiger partial charge < -0.3 is 9.47 Å². The topological polar surface area (TPSA) is 59.9 Å². The summed E-state index contributed by atoms with van der Waals surface area (Å²) in [6.45, 7) is 2.77. The molecular weight excluding hydrogens is 468 g/mol. The SMILES string of the molecule is CCOc1cc(/C=N\NC(=O)c2ccccc2)c(Br)cc1OCc1ccc(Cl)cc1. The Morgan fingerprint density at radius 2 is 1.77 bits per heavy atom. The molecule has 30 heavy (non-hydrogen) atoms. The van der Waals surface area contributed by atoms with Crippen LogP contribution in [0.1, 0.15) is 28.4 Å². The Hall–Kier alpha value is -2.83. The van der Waals surface area contributed by atoms with E-state index in [-0.39, 0.29) is 5.91 Å². The normalized spacial score (nSPS) is 10.8. The van der Waals surface area contributed by atoms with Crippen LogP contribution in [0.25, 0.3) is 0 Å². The van der Waals surface area contributed by atoms with E-state index in [0.717, 1.165) is 15.6 Å². The first-order valence-corrected chi connectivity index (χ1v) is 10.5. The average molecular weight is 488 g/mol. The van der Waals surface area contributed by atoms with Crippen molar-refractivity contribution in [3.05, 3.63) is 92.9 Å². The van der Waals surface area contributed by atoms with E-state index in [1.54, 1.807) is 30.5 Å². The fraction of sp³-hybridized carbons (Fsp3) is 0.130. The zero-order valence-corrected chi connectivity index (χ0v) is 18.6. The first kappa shape index (κ1) is 21.9. The Balaban J connectivity index is 1.71. The maximum absolute atomic E-state index is 12.1. The Bertz CT molecular complexity index is 1020. The molecule has 5 nitrogen and oxygen atoms in total. The first-order chi connectivity index (χ1) is 14.6. The molecule has 3 rings (SSSR count). The van der Waals surface area contributed by atoms with E-state index in [0.29, 0.717) is 35.3 Å². The molecule has 0 saturated heterocycles. The van der Waals surface area contributed by atoms with Crippen molar-refractivity contribution in [2.24, 2.45) is 5.10 Å². The predicted molar refractivity (Wildman–Crippen MR) is 123 cm³/mol. The van der Waals surface area contributed by atoms with Gasteiger partial charge in [0.25, 0.3) is 5.91 Å². The fourth-order valence-electron chi connectivity index (χ4n) is 2.59. The van der Waals surface area contributed by atoms with E-state index in [1.807, 2.05) is 49.4 Å². The molecule has 0 bridgehead atoms. The number of hydrogen-bond acceptors (Lipinski definition) is 4. The number of hydrogen-bond donors (Lipinski definition) is 1. The molecule has 3 aromatic rings. The molecule has 0 fully saturated rings. The van der Waals surface area contributed by atoms with Gasteiger partial charge in [0.15, 0.2) is 11.5 Å². The van der Waals surface area contributed by atoms with Gasteiger partial charge in [-0.15, -0.1) is 0 Å². The van der Waals surface area contributed by atoms with E-state index in [1.165, 1.54) is 0 Å². The Kier molecular flexibility index (Phi) is 7.88. The molecule has 0 unspecified atom stereocenters. The summed E-state index contributed by atoms with van der Waals surface area (Å²) in [4.78, 5) is 12.1. The molecule has 0 atom stereocenters. The summed E-state index contributed by atoms with van der Waals surface area (Å²) in [5.41, 5.74) is 4.79. The standard InChI is InChI=1S/C23H20BrClN2O3/c1-2-29-21-12-18(14-26-27-23(28)17-6-4-3-5-7-17)20(24)13-22(21)30-15-16-8-10-19(25)11-9-16/h3-14H,2,15H2,1H3,(H,27,28)/b26-14-. The van der Waals surface area contributed by atoms with Crippen LogP contribution in [0.5, 0.6) is 11.5 Å². The van der Waals surface area contributed by atoms with E-state index in [4.69, 9.17) is 21.1 Å². The van der Waals surface area contributed by atoms with Gasteiger partial charge in [0.05, 0.1) is 12.8 Å². The number of carbonyl (C=O) groups is 1. The van der Waals surface area contributed by atoms with Gasteiger partial charge in [-0.2, -0.15) is 5.10 Å². The van der Waals surface area contributed by atoms with Crippen LogP contribution in [0.2, 0.25) is 5.02 Å². The van der Waals surface area contributed by atoms with Gasteiger partial charge in [-0.25, -0.2) is 5.43 Å². The van der Waals surface area contributed by atoms with Crippen molar-refractivity contribution in [2.45, 2.75) is 13.5 Å². The van der Waals surface area contributed by atoms with E-state index in [2.05, 4.69) is 26.5 Å². The minimum Gasteiger partial charge on any atom is -0.490 e. The molecule has 0 radical (unpaired) electrons. The summed E-state index contributed by atoms with van der Waals surface area (Å²) < 4.78 is 12.4. The molecule has 0 heterocycles. The molecule has 1 N–H and O–H groups in total. The number of ether oxygens (including phenoxy) is 2. The second-order valence-corrected chi connectivity index (χ2v) is 7.52. The highest BCUT2D eigenvalue weighted by atomic mass is 79.9. The fourth-order valence-corrected chi connectivity index (χ4v) is 3.14. The lowest BCUT2D eigenvalue weighted by atomic mass is 10.2. The van der Waals surface area contributed by atoms with Crippen molar-refractivity contribution in [2.75, 3.05) is 6.61 Å². The number of benzene rings is 3. The third kappa shape index (κ3) is 6.08. The molecule has 0 spiro atoms. The Morgan fingerprint density at radius 3 is 2.47 bits per heavy atom. The maximum Gasteiger partial charge on any atom is 0.271 e. The minimum absolute atomic E-state index is 0.282. The molecule has 0 aliphatic heterocycles. The number of amides is 1. The molecular formula is C23H20BrClN2O3. The number of halogens is 2. The number of nitrogens with zero attached hydrogens (tertiary/aromatic N) is 1. The monoisotopic (exact) mass is 486 g/mol. The first-order valence-electron chi connectivity index (χ1n) is 9.29. The smallest absolute Gasteiger partial charge is 0.271 e.